The molecule has 1 aromatic rings. The lowest BCUT2D eigenvalue weighted by Crippen LogP contribution is -2.38. The molecule has 0 radical (unpaired) electrons. The zero-order valence-corrected chi connectivity index (χ0v) is 10.5. The Morgan fingerprint density at radius 2 is 2.41 bits per heavy atom. The maximum absolute atomic E-state index is 11.5. The fourth-order valence-electron chi connectivity index (χ4n) is 2.15. The predicted octanol–water partition coefficient (Wildman–Crippen LogP) is 2.23. The van der Waals surface area contributed by atoms with Gasteiger partial charge < -0.3 is 14.1 Å². The second-order valence-corrected chi connectivity index (χ2v) is 4.80. The normalized spacial score (nSPS) is 18.4. The molecular weight excluding hydrogens is 220 g/mol. The van der Waals surface area contributed by atoms with Crippen LogP contribution in [0.25, 0.3) is 0 Å². The van der Waals surface area contributed by atoms with Crippen molar-refractivity contribution in [1.82, 2.24) is 4.98 Å². The van der Waals surface area contributed by atoms with Crippen LogP contribution in [0.5, 0.6) is 0 Å². The molecule has 0 aliphatic carbocycles. The van der Waals surface area contributed by atoms with Crippen molar-refractivity contribution in [2.75, 3.05) is 18.1 Å². The first-order valence-corrected chi connectivity index (χ1v) is 5.95. The predicted molar refractivity (Wildman–Crippen MR) is 63.1 cm³/mol. The summed E-state index contributed by atoms with van der Waals surface area (Å²) in [5.41, 5.74) is 0.279. The highest BCUT2D eigenvalue weighted by Crippen LogP contribution is 2.32. The third kappa shape index (κ3) is 2.28. The number of nitrogens with zero attached hydrogens (tertiary/aromatic N) is 2. The summed E-state index contributed by atoms with van der Waals surface area (Å²) in [6.45, 7) is 7.32. The molecule has 1 aliphatic rings. The van der Waals surface area contributed by atoms with E-state index in [9.17, 15) is 4.79 Å². The topological polar surface area (TPSA) is 55.6 Å². The van der Waals surface area contributed by atoms with E-state index in [1.165, 1.54) is 6.26 Å². The number of esters is 1. The lowest BCUT2D eigenvalue weighted by Gasteiger charge is -2.29. The van der Waals surface area contributed by atoms with Gasteiger partial charge in [0.2, 0.25) is 0 Å². The molecule has 1 saturated heterocycles. The number of aromatic nitrogens is 1. The van der Waals surface area contributed by atoms with E-state index < -0.39 is 5.97 Å². The largest absolute Gasteiger partial charge is 0.461 e. The summed E-state index contributed by atoms with van der Waals surface area (Å²) in [5, 5.41) is 0. The minimum atomic E-state index is -0.431. The van der Waals surface area contributed by atoms with Gasteiger partial charge in [0.05, 0.1) is 6.61 Å². The summed E-state index contributed by atoms with van der Waals surface area (Å²) in [6.07, 6.45) is 3.58. The Balaban J connectivity index is 2.16. The molecule has 2 heterocycles. The Kier molecular flexibility index (Phi) is 3.09. The molecule has 0 N–H and O–H groups in total. The quantitative estimate of drug-likeness (QED) is 0.756. The van der Waals surface area contributed by atoms with Gasteiger partial charge in [-0.25, -0.2) is 4.79 Å². The Hall–Kier alpha value is -1.52. The minimum absolute atomic E-state index is 0.0385. The second kappa shape index (κ2) is 4.39. The molecular formula is C12H18N2O3. The molecule has 1 fully saturated rings. The van der Waals surface area contributed by atoms with Crippen molar-refractivity contribution in [2.45, 2.75) is 39.2 Å². The molecule has 5 nitrogen and oxygen atoms in total. The molecule has 0 amide bonds. The number of rotatable bonds is 3. The number of carbonyl (C=O) groups is 1. The van der Waals surface area contributed by atoms with Crippen LogP contribution in [0.3, 0.4) is 0 Å². The van der Waals surface area contributed by atoms with Crippen LogP contribution in [0.1, 0.15) is 44.1 Å². The molecule has 0 saturated carbocycles. The Labute approximate surface area is 101 Å². The lowest BCUT2D eigenvalue weighted by molar-refractivity contribution is 0.0519. The van der Waals surface area contributed by atoms with E-state index >= 15 is 0 Å². The van der Waals surface area contributed by atoms with Crippen LogP contribution < -0.4 is 4.90 Å². The smallest absolute Gasteiger partial charge is 0.360 e. The van der Waals surface area contributed by atoms with Gasteiger partial charge >= 0.3 is 5.97 Å². The summed E-state index contributed by atoms with van der Waals surface area (Å²) < 4.78 is 10.2. The zero-order valence-electron chi connectivity index (χ0n) is 10.5. The number of anilines is 1. The summed E-state index contributed by atoms with van der Waals surface area (Å²) in [5.74, 6) is -0.431. The van der Waals surface area contributed by atoms with Crippen molar-refractivity contribution in [2.24, 2.45) is 0 Å². The number of hydrogen-bond acceptors (Lipinski definition) is 5. The maximum atomic E-state index is 11.5. The van der Waals surface area contributed by atoms with Crippen molar-refractivity contribution in [1.29, 1.82) is 0 Å². The second-order valence-electron chi connectivity index (χ2n) is 4.80. The molecule has 94 valence electrons. The molecule has 1 aromatic heterocycles. The van der Waals surface area contributed by atoms with Gasteiger partial charge in [-0.1, -0.05) is 0 Å². The first-order chi connectivity index (χ1) is 8.04. The zero-order chi connectivity index (χ0) is 12.5. The molecule has 2 rings (SSSR count). The summed E-state index contributed by atoms with van der Waals surface area (Å²) >= 11 is 0. The average molecular weight is 238 g/mol. The number of hydrogen-bond donors (Lipinski definition) is 0. The van der Waals surface area contributed by atoms with Gasteiger partial charge in [-0.15, -0.1) is 0 Å². The molecule has 0 atom stereocenters. The summed E-state index contributed by atoms with van der Waals surface area (Å²) in [7, 11) is 0. The molecule has 0 bridgehead atoms. The third-order valence-corrected chi connectivity index (χ3v) is 3.11. The van der Waals surface area contributed by atoms with Crippen molar-refractivity contribution >= 4 is 12.0 Å². The van der Waals surface area contributed by atoms with Crippen molar-refractivity contribution in [3.8, 4) is 0 Å². The van der Waals surface area contributed by atoms with E-state index in [1.54, 1.807) is 6.92 Å². The Morgan fingerprint density at radius 1 is 1.65 bits per heavy atom. The van der Waals surface area contributed by atoms with E-state index in [0.717, 1.165) is 19.4 Å². The summed E-state index contributed by atoms with van der Waals surface area (Å²) in [4.78, 5) is 17.8. The van der Waals surface area contributed by atoms with Crippen LogP contribution >= 0.6 is 0 Å². The van der Waals surface area contributed by atoms with E-state index in [-0.39, 0.29) is 11.2 Å². The molecule has 5 heteroatoms. The molecule has 0 spiro atoms. The average Bonchev–Trinajstić information content (AvgIpc) is 2.84. The van der Waals surface area contributed by atoms with Crippen molar-refractivity contribution in [3.63, 3.8) is 0 Å². The lowest BCUT2D eigenvalue weighted by atomic mass is 10.0. The standard InChI is InChI=1S/C12H18N2O3/c1-4-16-10(15)9-8-17-11(13-9)14-7-5-6-12(14,2)3/h8H,4-7H2,1-3H3. The highest BCUT2D eigenvalue weighted by Gasteiger charge is 2.35. The van der Waals surface area contributed by atoms with E-state index in [2.05, 4.69) is 23.7 Å². The van der Waals surface area contributed by atoms with Gasteiger partial charge in [0.1, 0.15) is 6.26 Å². The van der Waals surface area contributed by atoms with Crippen LogP contribution in [-0.2, 0) is 4.74 Å². The summed E-state index contributed by atoms with van der Waals surface area (Å²) in [6, 6.07) is 0.510. The van der Waals surface area contributed by atoms with Crippen LogP contribution in [0.2, 0.25) is 0 Å². The van der Waals surface area contributed by atoms with Gasteiger partial charge in [0.15, 0.2) is 5.69 Å². The molecule has 1 aliphatic heterocycles. The van der Waals surface area contributed by atoms with E-state index in [1.807, 2.05) is 0 Å². The van der Waals surface area contributed by atoms with Gasteiger partial charge in [0, 0.05) is 12.1 Å². The first kappa shape index (κ1) is 12.0. The molecule has 0 unspecified atom stereocenters. The van der Waals surface area contributed by atoms with Crippen molar-refractivity contribution in [3.05, 3.63) is 12.0 Å². The fourth-order valence-corrected chi connectivity index (χ4v) is 2.15. The van der Waals surface area contributed by atoms with Crippen LogP contribution in [0.4, 0.5) is 6.01 Å². The highest BCUT2D eigenvalue weighted by atomic mass is 16.5. The highest BCUT2D eigenvalue weighted by molar-refractivity contribution is 5.87. The van der Waals surface area contributed by atoms with Gasteiger partial charge in [-0.05, 0) is 33.6 Å². The maximum Gasteiger partial charge on any atom is 0.360 e. The van der Waals surface area contributed by atoms with Gasteiger partial charge in [-0.2, -0.15) is 4.98 Å². The van der Waals surface area contributed by atoms with Crippen LogP contribution in [0, 0.1) is 0 Å². The number of carbonyl (C=O) groups excluding carboxylic acids is 1. The van der Waals surface area contributed by atoms with Gasteiger partial charge in [-0.3, -0.25) is 0 Å². The van der Waals surface area contributed by atoms with E-state index in [4.69, 9.17) is 9.15 Å². The molecule has 0 aromatic carbocycles. The SMILES string of the molecule is CCOC(=O)c1coc(N2CCCC2(C)C)n1. The van der Waals surface area contributed by atoms with Crippen LogP contribution in [0.15, 0.2) is 10.7 Å². The van der Waals surface area contributed by atoms with E-state index in [0.29, 0.717) is 12.6 Å². The van der Waals surface area contributed by atoms with Gasteiger partial charge in [0.25, 0.3) is 6.01 Å². The first-order valence-electron chi connectivity index (χ1n) is 5.95. The van der Waals surface area contributed by atoms with Crippen molar-refractivity contribution < 1.29 is 13.9 Å². The minimum Gasteiger partial charge on any atom is -0.461 e. The number of oxazole rings is 1. The third-order valence-electron chi connectivity index (χ3n) is 3.11. The fraction of sp³-hybridized carbons (Fsp3) is 0.667. The monoisotopic (exact) mass is 238 g/mol. The molecule has 17 heavy (non-hydrogen) atoms. The number of ether oxygens (including phenoxy) is 1. The Bertz CT molecular complexity index is 412. The van der Waals surface area contributed by atoms with Crippen LogP contribution in [-0.4, -0.2) is 29.6 Å². The Morgan fingerprint density at radius 3 is 3.00 bits per heavy atom.